The van der Waals surface area contributed by atoms with Crippen molar-refractivity contribution in [2.24, 2.45) is 0 Å². The predicted octanol–water partition coefficient (Wildman–Crippen LogP) is 3.58. The Morgan fingerprint density at radius 3 is 2.52 bits per heavy atom. The first-order chi connectivity index (χ1) is 14.8. The Bertz CT molecular complexity index is 1200. The molecule has 1 aliphatic rings. The Labute approximate surface area is 181 Å². The summed E-state index contributed by atoms with van der Waals surface area (Å²) in [5.74, 6) is 0.0373. The minimum atomic E-state index is -3.81. The standard InChI is InChI=1S/C22H24FN5O2S/c1-15-13-24-11-10-18(15)19-14-25-22(27(2)3)26-21(19)20-5-4-12-28(20)31(29,30)17-8-6-16(23)7-9-17/h6-11,13-14,20H,4-5,12H2,1-3H3/t20-/m0/s1. The molecule has 3 aromatic rings. The SMILES string of the molecule is Cc1cnccc1-c1cnc(N(C)C)nc1[C@@H]1CCCN1S(=O)(=O)c1ccc(F)cc1. The van der Waals surface area contributed by atoms with E-state index < -0.39 is 21.9 Å². The average Bonchev–Trinajstić information content (AvgIpc) is 3.25. The van der Waals surface area contributed by atoms with Crippen LogP contribution < -0.4 is 4.90 Å². The van der Waals surface area contributed by atoms with E-state index in [4.69, 9.17) is 4.98 Å². The molecule has 0 N–H and O–H groups in total. The van der Waals surface area contributed by atoms with Gasteiger partial charge in [0.2, 0.25) is 16.0 Å². The maximum Gasteiger partial charge on any atom is 0.243 e. The molecular formula is C22H24FN5O2S. The van der Waals surface area contributed by atoms with Gasteiger partial charge in [-0.1, -0.05) is 0 Å². The van der Waals surface area contributed by atoms with Crippen LogP contribution in [0.4, 0.5) is 10.3 Å². The lowest BCUT2D eigenvalue weighted by Crippen LogP contribution is -2.31. The molecule has 0 saturated carbocycles. The summed E-state index contributed by atoms with van der Waals surface area (Å²) in [7, 11) is -0.124. The fraction of sp³-hybridized carbons (Fsp3) is 0.318. The number of nitrogens with zero attached hydrogens (tertiary/aromatic N) is 5. The van der Waals surface area contributed by atoms with Crippen LogP contribution >= 0.6 is 0 Å². The molecule has 1 aliphatic heterocycles. The fourth-order valence-electron chi connectivity index (χ4n) is 3.88. The second kappa shape index (κ2) is 8.32. The van der Waals surface area contributed by atoms with Gasteiger partial charge < -0.3 is 4.90 Å². The van der Waals surface area contributed by atoms with Crippen molar-refractivity contribution in [3.63, 3.8) is 0 Å². The normalized spacial score (nSPS) is 17.1. The summed E-state index contributed by atoms with van der Waals surface area (Å²) in [6.07, 6.45) is 6.57. The van der Waals surface area contributed by atoms with Gasteiger partial charge in [-0.25, -0.2) is 22.8 Å². The molecule has 0 unspecified atom stereocenters. The molecule has 1 fully saturated rings. The molecule has 0 spiro atoms. The quantitative estimate of drug-likeness (QED) is 0.602. The summed E-state index contributed by atoms with van der Waals surface area (Å²) in [5, 5.41) is 0. The third kappa shape index (κ3) is 4.03. The van der Waals surface area contributed by atoms with Gasteiger partial charge in [0, 0.05) is 44.8 Å². The van der Waals surface area contributed by atoms with Crippen LogP contribution in [0.15, 0.2) is 53.8 Å². The van der Waals surface area contributed by atoms with E-state index in [1.807, 2.05) is 27.1 Å². The van der Waals surface area contributed by atoms with Crippen molar-refractivity contribution in [1.29, 1.82) is 0 Å². The van der Waals surface area contributed by atoms with Gasteiger partial charge >= 0.3 is 0 Å². The highest BCUT2D eigenvalue weighted by molar-refractivity contribution is 7.89. The molecule has 162 valence electrons. The highest BCUT2D eigenvalue weighted by Crippen LogP contribution is 2.40. The molecule has 2 aromatic heterocycles. The van der Waals surface area contributed by atoms with Crippen molar-refractivity contribution in [2.75, 3.05) is 25.5 Å². The van der Waals surface area contributed by atoms with Crippen molar-refractivity contribution in [3.8, 4) is 11.1 Å². The molecule has 1 atom stereocenters. The Morgan fingerprint density at radius 2 is 1.84 bits per heavy atom. The number of rotatable bonds is 5. The van der Waals surface area contributed by atoms with Gasteiger partial charge in [-0.15, -0.1) is 0 Å². The first kappa shape index (κ1) is 21.3. The molecule has 31 heavy (non-hydrogen) atoms. The summed E-state index contributed by atoms with van der Waals surface area (Å²) in [6, 6.07) is 6.38. The molecule has 0 amide bonds. The highest BCUT2D eigenvalue weighted by Gasteiger charge is 2.38. The minimum absolute atomic E-state index is 0.0735. The summed E-state index contributed by atoms with van der Waals surface area (Å²) in [4.78, 5) is 15.3. The fourth-order valence-corrected chi connectivity index (χ4v) is 5.54. The van der Waals surface area contributed by atoms with E-state index in [-0.39, 0.29) is 4.90 Å². The molecule has 0 aliphatic carbocycles. The topological polar surface area (TPSA) is 79.3 Å². The second-order valence-electron chi connectivity index (χ2n) is 7.78. The summed E-state index contributed by atoms with van der Waals surface area (Å²) < 4.78 is 41.6. The van der Waals surface area contributed by atoms with Crippen LogP contribution in [-0.2, 0) is 10.0 Å². The van der Waals surface area contributed by atoms with Gasteiger partial charge in [0.25, 0.3) is 0 Å². The third-order valence-electron chi connectivity index (χ3n) is 5.46. The van der Waals surface area contributed by atoms with E-state index in [0.717, 1.165) is 16.7 Å². The molecule has 0 radical (unpaired) electrons. The zero-order valence-corrected chi connectivity index (χ0v) is 18.5. The molecule has 4 rings (SSSR count). The van der Waals surface area contributed by atoms with Crippen molar-refractivity contribution in [1.82, 2.24) is 19.3 Å². The van der Waals surface area contributed by atoms with Crippen molar-refractivity contribution in [2.45, 2.75) is 30.7 Å². The zero-order valence-electron chi connectivity index (χ0n) is 17.7. The summed E-state index contributed by atoms with van der Waals surface area (Å²) in [6.45, 7) is 2.33. The van der Waals surface area contributed by atoms with Gasteiger partial charge in [-0.05, 0) is 61.2 Å². The van der Waals surface area contributed by atoms with Crippen LogP contribution in [0.3, 0.4) is 0 Å². The molecule has 7 nitrogen and oxygen atoms in total. The molecule has 0 bridgehead atoms. The first-order valence-corrected chi connectivity index (χ1v) is 11.5. The van der Waals surface area contributed by atoms with E-state index in [0.29, 0.717) is 31.0 Å². The van der Waals surface area contributed by atoms with Gasteiger partial charge in [0.05, 0.1) is 16.6 Å². The van der Waals surface area contributed by atoms with Gasteiger partial charge in [0.15, 0.2) is 0 Å². The predicted molar refractivity (Wildman–Crippen MR) is 117 cm³/mol. The molecular weight excluding hydrogens is 417 g/mol. The zero-order chi connectivity index (χ0) is 22.2. The van der Waals surface area contributed by atoms with E-state index in [9.17, 15) is 12.8 Å². The van der Waals surface area contributed by atoms with Crippen LogP contribution in [0.25, 0.3) is 11.1 Å². The maximum absolute atomic E-state index is 13.4. The second-order valence-corrected chi connectivity index (χ2v) is 9.67. The Morgan fingerprint density at radius 1 is 1.10 bits per heavy atom. The molecule has 3 heterocycles. The highest BCUT2D eigenvalue weighted by atomic mass is 32.2. The number of benzene rings is 1. The van der Waals surface area contributed by atoms with E-state index in [1.165, 1.54) is 28.6 Å². The van der Waals surface area contributed by atoms with E-state index in [1.54, 1.807) is 23.5 Å². The number of sulfonamides is 1. The number of halogens is 1. The van der Waals surface area contributed by atoms with Crippen LogP contribution in [0, 0.1) is 12.7 Å². The van der Waals surface area contributed by atoms with Crippen molar-refractivity contribution < 1.29 is 12.8 Å². The largest absolute Gasteiger partial charge is 0.347 e. The number of pyridine rings is 1. The Kier molecular flexibility index (Phi) is 5.72. The van der Waals surface area contributed by atoms with E-state index in [2.05, 4.69) is 9.97 Å². The Hall–Kier alpha value is -2.91. The first-order valence-electron chi connectivity index (χ1n) is 10.0. The van der Waals surface area contributed by atoms with E-state index >= 15 is 0 Å². The number of aromatic nitrogens is 3. The average molecular weight is 442 g/mol. The number of aryl methyl sites for hydroxylation is 1. The molecule has 9 heteroatoms. The van der Waals surface area contributed by atoms with Crippen LogP contribution in [0.5, 0.6) is 0 Å². The van der Waals surface area contributed by atoms with Crippen molar-refractivity contribution >= 4 is 16.0 Å². The number of hydrogen-bond donors (Lipinski definition) is 0. The number of anilines is 1. The Balaban J connectivity index is 1.84. The maximum atomic E-state index is 13.4. The number of hydrogen-bond acceptors (Lipinski definition) is 6. The molecule has 1 saturated heterocycles. The third-order valence-corrected chi connectivity index (χ3v) is 7.38. The summed E-state index contributed by atoms with van der Waals surface area (Å²) in [5.41, 5.74) is 3.32. The van der Waals surface area contributed by atoms with Crippen molar-refractivity contribution in [3.05, 3.63) is 66.0 Å². The van der Waals surface area contributed by atoms with Gasteiger partial charge in [-0.3, -0.25) is 4.98 Å². The lowest BCUT2D eigenvalue weighted by Gasteiger charge is -2.26. The molecule has 1 aromatic carbocycles. The van der Waals surface area contributed by atoms with Gasteiger partial charge in [0.1, 0.15) is 5.82 Å². The van der Waals surface area contributed by atoms with Crippen LogP contribution in [0.2, 0.25) is 0 Å². The lowest BCUT2D eigenvalue weighted by molar-refractivity contribution is 0.391. The smallest absolute Gasteiger partial charge is 0.243 e. The van der Waals surface area contributed by atoms with Crippen LogP contribution in [0.1, 0.15) is 30.1 Å². The monoisotopic (exact) mass is 441 g/mol. The summed E-state index contributed by atoms with van der Waals surface area (Å²) >= 11 is 0. The minimum Gasteiger partial charge on any atom is -0.347 e. The van der Waals surface area contributed by atoms with Crippen LogP contribution in [-0.4, -0.2) is 48.3 Å². The lowest BCUT2D eigenvalue weighted by atomic mass is 9.98. The van der Waals surface area contributed by atoms with Gasteiger partial charge in [-0.2, -0.15) is 4.31 Å².